The van der Waals surface area contributed by atoms with Gasteiger partial charge in [0.15, 0.2) is 13.1 Å². The van der Waals surface area contributed by atoms with Crippen molar-refractivity contribution in [1.29, 1.82) is 0 Å². The molecule has 1 aromatic heterocycles. The van der Waals surface area contributed by atoms with Gasteiger partial charge < -0.3 is 20.4 Å². The molecule has 0 unspecified atom stereocenters. The maximum absolute atomic E-state index is 12.8. The average molecular weight is 431 g/mol. The number of nitrogens with one attached hydrogen (secondary N) is 2. The third kappa shape index (κ3) is 6.65. The van der Waals surface area contributed by atoms with Crippen molar-refractivity contribution in [2.75, 3.05) is 45.8 Å². The number of amides is 2. The van der Waals surface area contributed by atoms with Gasteiger partial charge in [-0.1, -0.05) is 49.7 Å². The van der Waals surface area contributed by atoms with Crippen molar-refractivity contribution >= 4 is 23.2 Å². The maximum atomic E-state index is 12.8. The predicted octanol–water partition coefficient (Wildman–Crippen LogP) is 0.0443. The van der Waals surface area contributed by atoms with Gasteiger partial charge >= 0.3 is 0 Å². The van der Waals surface area contributed by atoms with E-state index in [4.69, 9.17) is 0 Å². The van der Waals surface area contributed by atoms with Gasteiger partial charge in [-0.15, -0.1) is 11.3 Å². The van der Waals surface area contributed by atoms with E-state index in [1.807, 2.05) is 23.1 Å². The summed E-state index contributed by atoms with van der Waals surface area (Å²) in [5.74, 6) is 0.298. The van der Waals surface area contributed by atoms with Crippen molar-refractivity contribution in [3.05, 3.63) is 58.3 Å². The summed E-state index contributed by atoms with van der Waals surface area (Å²) in [5.41, 5.74) is 1.22. The van der Waals surface area contributed by atoms with Gasteiger partial charge in [-0.25, -0.2) is 0 Å². The third-order valence-corrected chi connectivity index (χ3v) is 6.58. The minimum Gasteiger partial charge on any atom is -0.351 e. The van der Waals surface area contributed by atoms with Gasteiger partial charge in [0.05, 0.1) is 31.1 Å². The highest BCUT2D eigenvalue weighted by Gasteiger charge is 2.27. The lowest BCUT2D eigenvalue weighted by Gasteiger charge is -2.31. The van der Waals surface area contributed by atoms with Crippen LogP contribution in [-0.2, 0) is 9.59 Å². The summed E-state index contributed by atoms with van der Waals surface area (Å²) in [4.78, 5) is 29.3. The first-order valence-corrected chi connectivity index (χ1v) is 11.8. The maximum Gasteiger partial charge on any atom is 0.278 e. The Morgan fingerprint density at radius 3 is 2.60 bits per heavy atom. The Kier molecular flexibility index (Phi) is 8.86. The van der Waals surface area contributed by atoms with Crippen LogP contribution in [0.15, 0.2) is 47.8 Å². The van der Waals surface area contributed by atoms with Crippen molar-refractivity contribution in [2.45, 2.75) is 25.8 Å². The number of benzene rings is 1. The summed E-state index contributed by atoms with van der Waals surface area (Å²) >= 11 is 1.73. The quantitative estimate of drug-likeness (QED) is 0.466. The molecule has 7 heteroatoms. The average Bonchev–Trinajstić information content (AvgIpc) is 3.30. The number of carbonyl (C=O) groups excluding carboxylic acids is 2. The number of nitrogens with two attached hydrogens (primary N) is 1. The summed E-state index contributed by atoms with van der Waals surface area (Å²) in [7, 11) is 0. The van der Waals surface area contributed by atoms with Crippen molar-refractivity contribution in [3.8, 4) is 0 Å². The largest absolute Gasteiger partial charge is 0.351 e. The number of piperazine rings is 1. The van der Waals surface area contributed by atoms with E-state index in [0.29, 0.717) is 13.1 Å². The Hall–Kier alpha value is -2.22. The number of carbonyl (C=O) groups is 2. The van der Waals surface area contributed by atoms with E-state index in [1.54, 1.807) is 11.3 Å². The molecule has 1 aromatic carbocycles. The minimum absolute atomic E-state index is 0.119. The lowest BCUT2D eigenvalue weighted by molar-refractivity contribution is -0.896. The van der Waals surface area contributed by atoms with Crippen LogP contribution in [0.5, 0.6) is 0 Å². The monoisotopic (exact) mass is 430 g/mol. The minimum atomic E-state index is 0.119. The fourth-order valence-corrected chi connectivity index (χ4v) is 4.69. The molecule has 1 saturated heterocycles. The molecule has 0 radical (unpaired) electrons. The highest BCUT2D eigenvalue weighted by molar-refractivity contribution is 7.10. The van der Waals surface area contributed by atoms with Gasteiger partial charge in [0.25, 0.3) is 11.8 Å². The second-order valence-electron chi connectivity index (χ2n) is 7.85. The van der Waals surface area contributed by atoms with Crippen LogP contribution in [0, 0.1) is 0 Å². The van der Waals surface area contributed by atoms with Crippen molar-refractivity contribution in [2.24, 2.45) is 0 Å². The van der Waals surface area contributed by atoms with E-state index in [2.05, 4.69) is 47.2 Å². The van der Waals surface area contributed by atoms with Crippen LogP contribution < -0.4 is 15.5 Å². The smallest absolute Gasteiger partial charge is 0.278 e. The van der Waals surface area contributed by atoms with E-state index >= 15 is 0 Å². The molecule has 2 heterocycles. The van der Waals surface area contributed by atoms with E-state index in [9.17, 15) is 9.59 Å². The van der Waals surface area contributed by atoms with Crippen LogP contribution in [0.1, 0.15) is 36.2 Å². The fourth-order valence-electron chi connectivity index (χ4n) is 3.84. The van der Waals surface area contributed by atoms with E-state index in [1.165, 1.54) is 15.3 Å². The molecule has 3 rings (SSSR count). The molecule has 1 fully saturated rings. The molecule has 0 saturated carbocycles. The van der Waals surface area contributed by atoms with Gasteiger partial charge in [-0.2, -0.15) is 0 Å². The van der Waals surface area contributed by atoms with Crippen molar-refractivity contribution < 1.29 is 19.8 Å². The highest BCUT2D eigenvalue weighted by atomic mass is 32.1. The summed E-state index contributed by atoms with van der Waals surface area (Å²) < 4.78 is 0. The molecule has 30 heavy (non-hydrogen) atoms. The normalized spacial score (nSPS) is 15.7. The molecular formula is C23H34N4O2S+2. The molecule has 2 amide bonds. The molecule has 162 valence electrons. The van der Waals surface area contributed by atoms with Gasteiger partial charge in [0, 0.05) is 12.1 Å². The van der Waals surface area contributed by atoms with Gasteiger partial charge in [0.2, 0.25) is 0 Å². The zero-order valence-electron chi connectivity index (χ0n) is 17.8. The van der Waals surface area contributed by atoms with Crippen LogP contribution in [0.4, 0.5) is 0 Å². The first-order valence-electron chi connectivity index (χ1n) is 11.0. The second-order valence-corrected chi connectivity index (χ2v) is 8.83. The second kappa shape index (κ2) is 11.8. The van der Waals surface area contributed by atoms with Gasteiger partial charge in [0.1, 0.15) is 6.04 Å². The number of rotatable bonds is 10. The van der Waals surface area contributed by atoms with Crippen LogP contribution in [0.3, 0.4) is 0 Å². The molecule has 1 aliphatic rings. The number of quaternary nitrogens is 2. The van der Waals surface area contributed by atoms with Gasteiger partial charge in [-0.05, 0) is 17.9 Å². The Morgan fingerprint density at radius 2 is 1.93 bits per heavy atom. The number of thiophene rings is 1. The molecule has 4 N–H and O–H groups in total. The molecule has 1 aliphatic heterocycles. The zero-order valence-corrected chi connectivity index (χ0v) is 18.6. The Bertz CT molecular complexity index is 774. The summed E-state index contributed by atoms with van der Waals surface area (Å²) in [6.45, 7) is 6.93. The number of hydrogen-bond acceptors (Lipinski definition) is 3. The first kappa shape index (κ1) is 22.5. The molecule has 2 aromatic rings. The van der Waals surface area contributed by atoms with Crippen LogP contribution in [0.2, 0.25) is 0 Å². The van der Waals surface area contributed by atoms with E-state index < -0.39 is 0 Å². The number of hydrogen-bond donors (Lipinski definition) is 3. The van der Waals surface area contributed by atoms with Gasteiger partial charge in [-0.3, -0.25) is 9.59 Å². The zero-order chi connectivity index (χ0) is 21.2. The van der Waals surface area contributed by atoms with Crippen LogP contribution in [-0.4, -0.2) is 62.5 Å². The lowest BCUT2D eigenvalue weighted by atomic mass is 10.1. The summed E-state index contributed by atoms with van der Waals surface area (Å²) in [5, 5.41) is 7.21. The summed E-state index contributed by atoms with van der Waals surface area (Å²) in [6, 6.07) is 14.7. The summed E-state index contributed by atoms with van der Waals surface area (Å²) in [6.07, 6.45) is 2.11. The lowest BCUT2D eigenvalue weighted by Crippen LogP contribution is -3.16. The number of nitrogens with zero attached hydrogens (tertiary/aromatic N) is 1. The Labute approximate surface area is 183 Å². The molecule has 0 spiro atoms. The Morgan fingerprint density at radius 1 is 1.17 bits per heavy atom. The highest BCUT2D eigenvalue weighted by Crippen LogP contribution is 2.22. The topological polar surface area (TPSA) is 70.5 Å². The Balaban J connectivity index is 1.45. The molecule has 6 nitrogen and oxygen atoms in total. The van der Waals surface area contributed by atoms with Crippen molar-refractivity contribution in [3.63, 3.8) is 0 Å². The molecule has 1 atom stereocenters. The van der Waals surface area contributed by atoms with E-state index in [0.717, 1.165) is 45.6 Å². The van der Waals surface area contributed by atoms with E-state index in [-0.39, 0.29) is 17.9 Å². The SMILES string of the molecule is CCCCNC(=O)C[NH+]1CCN(C(=O)C[NH2+][C@@H](c2ccccc2)c2cccs2)CC1. The standard InChI is InChI=1S/C23H32N4O2S/c1-2-3-11-24-21(28)18-26-12-14-27(15-13-26)22(29)17-25-23(20-10-7-16-30-20)19-8-5-4-6-9-19/h4-10,16,23,25H,2-3,11-15,17-18H2,1H3,(H,24,28)/p+2/t23-/m0/s1. The number of unbranched alkanes of at least 4 members (excludes halogenated alkanes) is 1. The fraction of sp³-hybridized carbons (Fsp3) is 0.478. The molecule has 0 bridgehead atoms. The predicted molar refractivity (Wildman–Crippen MR) is 119 cm³/mol. The molecular weight excluding hydrogens is 396 g/mol. The first-order chi connectivity index (χ1) is 14.7. The molecule has 0 aliphatic carbocycles. The van der Waals surface area contributed by atoms with Crippen LogP contribution >= 0.6 is 11.3 Å². The third-order valence-electron chi connectivity index (χ3n) is 5.62. The van der Waals surface area contributed by atoms with Crippen molar-refractivity contribution in [1.82, 2.24) is 10.2 Å². The van der Waals surface area contributed by atoms with Crippen LogP contribution in [0.25, 0.3) is 0 Å².